The van der Waals surface area contributed by atoms with Crippen molar-refractivity contribution in [2.24, 2.45) is 0 Å². The molecule has 1 aromatic carbocycles. The second-order valence-electron chi connectivity index (χ2n) is 5.39. The lowest BCUT2D eigenvalue weighted by Crippen LogP contribution is -2.33. The molecule has 2 aromatic rings. The summed E-state index contributed by atoms with van der Waals surface area (Å²) in [5.41, 5.74) is 2.00. The third-order valence-corrected chi connectivity index (χ3v) is 4.22. The molecule has 1 amide bonds. The van der Waals surface area contributed by atoms with E-state index in [0.717, 1.165) is 22.9 Å². The van der Waals surface area contributed by atoms with Gasteiger partial charge in [-0.05, 0) is 32.4 Å². The van der Waals surface area contributed by atoms with Crippen molar-refractivity contribution in [3.63, 3.8) is 0 Å². The average Bonchev–Trinajstić information content (AvgIpc) is 2.93. The van der Waals surface area contributed by atoms with Gasteiger partial charge in [-0.25, -0.2) is 4.98 Å². The molecule has 0 aliphatic heterocycles. The van der Waals surface area contributed by atoms with E-state index in [4.69, 9.17) is 4.74 Å². The first-order chi connectivity index (χ1) is 10.6. The number of nitrogens with one attached hydrogen (secondary N) is 1. The number of carbonyl (C=O) groups excluding carboxylic acids is 1. The van der Waals surface area contributed by atoms with Crippen LogP contribution in [0, 0.1) is 6.92 Å². The number of thiazole rings is 1. The van der Waals surface area contributed by atoms with Gasteiger partial charge >= 0.3 is 0 Å². The summed E-state index contributed by atoms with van der Waals surface area (Å²) in [4.78, 5) is 16.3. The van der Waals surface area contributed by atoms with Crippen molar-refractivity contribution < 1.29 is 9.53 Å². The van der Waals surface area contributed by atoms with Crippen molar-refractivity contribution in [3.05, 3.63) is 45.9 Å². The highest BCUT2D eigenvalue weighted by atomic mass is 32.1. The van der Waals surface area contributed by atoms with Crippen LogP contribution in [0.5, 0.6) is 5.75 Å². The lowest BCUT2D eigenvalue weighted by Gasteiger charge is -2.10. The molecule has 5 heteroatoms. The van der Waals surface area contributed by atoms with Crippen LogP contribution in [0.1, 0.15) is 36.5 Å². The number of hydrogen-bond acceptors (Lipinski definition) is 4. The van der Waals surface area contributed by atoms with Crippen LogP contribution in [0.25, 0.3) is 0 Å². The van der Waals surface area contributed by atoms with Gasteiger partial charge in [-0.1, -0.05) is 24.6 Å². The summed E-state index contributed by atoms with van der Waals surface area (Å²) in [5.74, 6) is 0.850. The molecule has 0 saturated carbocycles. The van der Waals surface area contributed by atoms with Gasteiger partial charge in [0.05, 0.1) is 12.1 Å². The van der Waals surface area contributed by atoms with Gasteiger partial charge in [-0.15, -0.1) is 11.3 Å². The molecule has 0 radical (unpaired) electrons. The summed E-state index contributed by atoms with van der Waals surface area (Å²) in [7, 11) is 0. The van der Waals surface area contributed by atoms with E-state index in [1.165, 1.54) is 16.9 Å². The highest BCUT2D eigenvalue weighted by Gasteiger charge is 2.10. The molecule has 0 fully saturated rings. The minimum Gasteiger partial charge on any atom is -0.486 e. The van der Waals surface area contributed by atoms with Gasteiger partial charge in [0.1, 0.15) is 17.4 Å². The minimum atomic E-state index is 0.0191. The van der Waals surface area contributed by atoms with Gasteiger partial charge in [0, 0.05) is 11.4 Å². The number of carbonyl (C=O) groups is 1. The van der Waals surface area contributed by atoms with E-state index >= 15 is 0 Å². The van der Waals surface area contributed by atoms with Gasteiger partial charge in [-0.3, -0.25) is 4.79 Å². The highest BCUT2D eigenvalue weighted by Crippen LogP contribution is 2.16. The highest BCUT2D eigenvalue weighted by molar-refractivity contribution is 7.09. The molecule has 0 saturated heterocycles. The first-order valence-corrected chi connectivity index (χ1v) is 8.37. The monoisotopic (exact) mass is 318 g/mol. The maximum atomic E-state index is 11.8. The minimum absolute atomic E-state index is 0.0191. The molecular weight excluding hydrogens is 296 g/mol. The van der Waals surface area contributed by atoms with Gasteiger partial charge in [0.15, 0.2) is 0 Å². The van der Waals surface area contributed by atoms with Crippen LogP contribution >= 0.6 is 11.3 Å². The summed E-state index contributed by atoms with van der Waals surface area (Å²) < 4.78 is 5.69. The van der Waals surface area contributed by atoms with E-state index in [1.54, 1.807) is 0 Å². The van der Waals surface area contributed by atoms with Crippen molar-refractivity contribution in [3.8, 4) is 5.75 Å². The Balaban J connectivity index is 1.83. The van der Waals surface area contributed by atoms with Gasteiger partial charge < -0.3 is 10.1 Å². The van der Waals surface area contributed by atoms with E-state index in [0.29, 0.717) is 13.0 Å². The smallest absolute Gasteiger partial charge is 0.226 e. The summed E-state index contributed by atoms with van der Waals surface area (Å²) in [6.07, 6.45) is 1.25. The molecule has 0 aliphatic rings. The largest absolute Gasteiger partial charge is 0.486 e. The molecular formula is C17H22N2O2S. The van der Waals surface area contributed by atoms with E-state index in [1.807, 2.05) is 50.4 Å². The topological polar surface area (TPSA) is 51.2 Å². The molecule has 22 heavy (non-hydrogen) atoms. The zero-order chi connectivity index (χ0) is 15.9. The second-order valence-corrected chi connectivity index (χ2v) is 6.33. The Morgan fingerprint density at radius 3 is 2.77 bits per heavy atom. The molecule has 118 valence electrons. The van der Waals surface area contributed by atoms with Gasteiger partial charge in [0.2, 0.25) is 5.91 Å². The fourth-order valence-electron chi connectivity index (χ4n) is 1.87. The van der Waals surface area contributed by atoms with Crippen LogP contribution in [0.15, 0.2) is 29.6 Å². The zero-order valence-electron chi connectivity index (χ0n) is 13.3. The van der Waals surface area contributed by atoms with Gasteiger partial charge in [0.25, 0.3) is 0 Å². The molecule has 1 N–H and O–H groups in total. The summed E-state index contributed by atoms with van der Waals surface area (Å²) >= 11 is 1.52. The normalized spacial score (nSPS) is 12.0. The fraction of sp³-hybridized carbons (Fsp3) is 0.412. The van der Waals surface area contributed by atoms with E-state index in [-0.39, 0.29) is 11.9 Å². The molecule has 0 bridgehead atoms. The zero-order valence-corrected chi connectivity index (χ0v) is 14.1. The van der Waals surface area contributed by atoms with Crippen molar-refractivity contribution >= 4 is 17.2 Å². The quantitative estimate of drug-likeness (QED) is 0.850. The maximum absolute atomic E-state index is 11.8. The number of amides is 1. The molecule has 1 heterocycles. The summed E-state index contributed by atoms with van der Waals surface area (Å²) in [5, 5.41) is 5.75. The van der Waals surface area contributed by atoms with E-state index in [9.17, 15) is 4.79 Å². The summed E-state index contributed by atoms with van der Waals surface area (Å²) in [6, 6.07) is 8.13. The van der Waals surface area contributed by atoms with Crippen molar-refractivity contribution in [2.75, 3.05) is 0 Å². The van der Waals surface area contributed by atoms with Crippen molar-refractivity contribution in [1.29, 1.82) is 0 Å². The lowest BCUT2D eigenvalue weighted by molar-refractivity contribution is -0.121. The van der Waals surface area contributed by atoms with Crippen LogP contribution in [0.3, 0.4) is 0 Å². The molecule has 0 spiro atoms. The van der Waals surface area contributed by atoms with Crippen LogP contribution in [0.2, 0.25) is 0 Å². The Hall–Kier alpha value is -1.88. The number of aromatic nitrogens is 1. The van der Waals surface area contributed by atoms with Crippen LogP contribution in [0.4, 0.5) is 0 Å². The maximum Gasteiger partial charge on any atom is 0.226 e. The Morgan fingerprint density at radius 2 is 2.09 bits per heavy atom. The predicted octanol–water partition coefficient (Wildman–Crippen LogP) is 3.49. The number of nitrogens with zero attached hydrogens (tertiary/aromatic N) is 1. The molecule has 1 atom stereocenters. The summed E-state index contributed by atoms with van der Waals surface area (Å²) in [6.45, 7) is 6.52. The molecule has 4 nitrogen and oxygen atoms in total. The van der Waals surface area contributed by atoms with Crippen molar-refractivity contribution in [1.82, 2.24) is 10.3 Å². The lowest BCUT2D eigenvalue weighted by atomic mass is 10.2. The molecule has 2 rings (SSSR count). The van der Waals surface area contributed by atoms with Crippen LogP contribution < -0.4 is 10.1 Å². The molecule has 1 aromatic heterocycles. The third-order valence-electron chi connectivity index (χ3n) is 3.34. The standard InChI is InChI=1S/C17H22N2O2S/c1-4-13(3)18-16(20)9-14-11-22-17(19-14)10-21-15-7-5-12(2)6-8-15/h5-8,11,13H,4,9-10H2,1-3H3,(H,18,20). The Morgan fingerprint density at radius 1 is 1.36 bits per heavy atom. The number of benzene rings is 1. The van der Waals surface area contributed by atoms with E-state index < -0.39 is 0 Å². The predicted molar refractivity (Wildman–Crippen MR) is 89.2 cm³/mol. The van der Waals surface area contributed by atoms with Crippen LogP contribution in [-0.2, 0) is 17.8 Å². The second kappa shape index (κ2) is 7.94. The van der Waals surface area contributed by atoms with Gasteiger partial charge in [-0.2, -0.15) is 0 Å². The van der Waals surface area contributed by atoms with Crippen molar-refractivity contribution in [2.45, 2.75) is 46.3 Å². The number of hydrogen-bond donors (Lipinski definition) is 1. The third kappa shape index (κ3) is 5.15. The number of aryl methyl sites for hydroxylation is 1. The Labute approximate surface area is 135 Å². The average molecular weight is 318 g/mol. The van der Waals surface area contributed by atoms with E-state index in [2.05, 4.69) is 10.3 Å². The fourth-order valence-corrected chi connectivity index (χ4v) is 2.57. The number of ether oxygens (including phenoxy) is 1. The number of rotatable bonds is 7. The Bertz CT molecular complexity index is 607. The first kappa shape index (κ1) is 16.5. The van der Waals surface area contributed by atoms with Crippen LogP contribution in [-0.4, -0.2) is 16.9 Å². The Kier molecular flexibility index (Phi) is 5.95. The SMILES string of the molecule is CCC(C)NC(=O)Cc1csc(COc2ccc(C)cc2)n1. The molecule has 1 unspecified atom stereocenters. The molecule has 0 aliphatic carbocycles. The first-order valence-electron chi connectivity index (χ1n) is 7.49.